The Bertz CT molecular complexity index is 254. The Kier molecular flexibility index (Phi) is 3.42. The van der Waals surface area contributed by atoms with Crippen LogP contribution in [0.25, 0.3) is 0 Å². The molecule has 1 amide bonds. The summed E-state index contributed by atoms with van der Waals surface area (Å²) in [6.45, 7) is 4.04. The van der Waals surface area contributed by atoms with Crippen molar-refractivity contribution < 1.29 is 14.7 Å². The van der Waals surface area contributed by atoms with Gasteiger partial charge in [-0.2, -0.15) is 12.6 Å². The SMILES string of the molecule is CC(C)C(=O)N1CCC(S)C1C(=O)O. The Balaban J connectivity index is 2.79. The molecule has 0 aliphatic carbocycles. The first-order chi connectivity index (χ1) is 6.45. The van der Waals surface area contributed by atoms with Crippen LogP contribution < -0.4 is 0 Å². The van der Waals surface area contributed by atoms with Crippen LogP contribution in [0.15, 0.2) is 0 Å². The van der Waals surface area contributed by atoms with Crippen molar-refractivity contribution >= 4 is 24.5 Å². The maximum atomic E-state index is 11.6. The number of carboxylic acid groups (broad SMARTS) is 1. The van der Waals surface area contributed by atoms with Gasteiger partial charge in [0.15, 0.2) is 0 Å². The second-order valence-electron chi connectivity index (χ2n) is 3.83. The van der Waals surface area contributed by atoms with E-state index in [4.69, 9.17) is 5.11 Å². The van der Waals surface area contributed by atoms with Gasteiger partial charge < -0.3 is 10.0 Å². The Hall–Kier alpha value is -0.710. The van der Waals surface area contributed by atoms with Gasteiger partial charge in [0, 0.05) is 17.7 Å². The average molecular weight is 217 g/mol. The van der Waals surface area contributed by atoms with Gasteiger partial charge in [0.25, 0.3) is 0 Å². The van der Waals surface area contributed by atoms with E-state index in [1.807, 2.05) is 0 Å². The molecule has 0 radical (unpaired) electrons. The van der Waals surface area contributed by atoms with Gasteiger partial charge in [-0.25, -0.2) is 4.79 Å². The van der Waals surface area contributed by atoms with Gasteiger partial charge in [-0.15, -0.1) is 0 Å². The fourth-order valence-corrected chi connectivity index (χ4v) is 2.06. The van der Waals surface area contributed by atoms with Gasteiger partial charge >= 0.3 is 5.97 Å². The van der Waals surface area contributed by atoms with Crippen LogP contribution in [0.2, 0.25) is 0 Å². The number of carbonyl (C=O) groups is 2. The van der Waals surface area contributed by atoms with E-state index in [1.54, 1.807) is 13.8 Å². The highest BCUT2D eigenvalue weighted by Crippen LogP contribution is 2.24. The van der Waals surface area contributed by atoms with Gasteiger partial charge in [0.2, 0.25) is 5.91 Å². The normalized spacial score (nSPS) is 27.0. The summed E-state index contributed by atoms with van der Waals surface area (Å²) in [4.78, 5) is 24.0. The van der Waals surface area contributed by atoms with E-state index in [9.17, 15) is 9.59 Å². The number of carboxylic acids is 1. The van der Waals surface area contributed by atoms with Crippen LogP contribution in [0.4, 0.5) is 0 Å². The molecular weight excluding hydrogens is 202 g/mol. The summed E-state index contributed by atoms with van der Waals surface area (Å²) >= 11 is 4.17. The monoisotopic (exact) mass is 217 g/mol. The highest BCUT2D eigenvalue weighted by Gasteiger charge is 2.40. The molecule has 14 heavy (non-hydrogen) atoms. The maximum Gasteiger partial charge on any atom is 0.327 e. The number of carbonyl (C=O) groups excluding carboxylic acids is 1. The first kappa shape index (κ1) is 11.4. The fraction of sp³-hybridized carbons (Fsp3) is 0.778. The zero-order chi connectivity index (χ0) is 10.9. The number of nitrogens with zero attached hydrogens (tertiary/aromatic N) is 1. The lowest BCUT2D eigenvalue weighted by molar-refractivity contribution is -0.149. The van der Waals surface area contributed by atoms with Crippen molar-refractivity contribution in [3.05, 3.63) is 0 Å². The van der Waals surface area contributed by atoms with Crippen molar-refractivity contribution in [2.75, 3.05) is 6.54 Å². The summed E-state index contributed by atoms with van der Waals surface area (Å²) in [6, 6.07) is -0.756. The molecule has 80 valence electrons. The van der Waals surface area contributed by atoms with E-state index in [0.717, 1.165) is 0 Å². The predicted octanol–water partition coefficient (Wildman–Crippen LogP) is 0.626. The minimum atomic E-state index is -0.962. The topological polar surface area (TPSA) is 57.6 Å². The zero-order valence-corrected chi connectivity index (χ0v) is 9.20. The Morgan fingerprint density at radius 3 is 2.50 bits per heavy atom. The quantitative estimate of drug-likeness (QED) is 0.667. The first-order valence-electron chi connectivity index (χ1n) is 4.66. The van der Waals surface area contributed by atoms with Gasteiger partial charge in [-0.1, -0.05) is 13.8 Å². The van der Waals surface area contributed by atoms with Gasteiger partial charge in [-0.05, 0) is 6.42 Å². The highest BCUT2D eigenvalue weighted by molar-refractivity contribution is 7.81. The van der Waals surface area contributed by atoms with Crippen molar-refractivity contribution in [1.82, 2.24) is 4.90 Å². The lowest BCUT2D eigenvalue weighted by atomic mass is 10.1. The summed E-state index contributed by atoms with van der Waals surface area (Å²) in [5.41, 5.74) is 0. The molecule has 0 saturated carbocycles. The minimum absolute atomic E-state index is 0.103. The summed E-state index contributed by atoms with van der Waals surface area (Å²) in [5.74, 6) is -1.22. The van der Waals surface area contributed by atoms with Crippen LogP contribution in [-0.4, -0.2) is 39.7 Å². The summed E-state index contributed by atoms with van der Waals surface area (Å²) in [7, 11) is 0. The van der Waals surface area contributed by atoms with Crippen molar-refractivity contribution in [2.24, 2.45) is 5.92 Å². The second kappa shape index (κ2) is 4.21. The van der Waals surface area contributed by atoms with Crippen LogP contribution in [0.5, 0.6) is 0 Å². The fourth-order valence-electron chi connectivity index (χ4n) is 1.65. The first-order valence-corrected chi connectivity index (χ1v) is 5.18. The molecular formula is C9H15NO3S. The number of likely N-dealkylation sites (tertiary alicyclic amines) is 1. The molecule has 0 aromatic carbocycles. The van der Waals surface area contributed by atoms with Crippen molar-refractivity contribution in [3.63, 3.8) is 0 Å². The summed E-state index contributed by atoms with van der Waals surface area (Å²) in [5, 5.41) is 8.70. The van der Waals surface area contributed by atoms with Crippen molar-refractivity contribution in [3.8, 4) is 0 Å². The molecule has 1 fully saturated rings. The number of hydrogen-bond donors (Lipinski definition) is 2. The number of hydrogen-bond acceptors (Lipinski definition) is 3. The van der Waals surface area contributed by atoms with E-state index in [1.165, 1.54) is 4.90 Å². The number of amides is 1. The predicted molar refractivity (Wildman–Crippen MR) is 55.4 cm³/mol. The van der Waals surface area contributed by atoms with Crippen LogP contribution in [0.1, 0.15) is 20.3 Å². The summed E-state index contributed by atoms with van der Waals surface area (Å²) < 4.78 is 0. The molecule has 1 heterocycles. The highest BCUT2D eigenvalue weighted by atomic mass is 32.1. The molecule has 2 unspecified atom stereocenters. The zero-order valence-electron chi connectivity index (χ0n) is 8.30. The summed E-state index contributed by atoms with van der Waals surface area (Å²) in [6.07, 6.45) is 0.651. The molecule has 1 aliphatic rings. The Labute approximate surface area is 88.7 Å². The molecule has 0 aromatic rings. The smallest absolute Gasteiger partial charge is 0.327 e. The van der Waals surface area contributed by atoms with Gasteiger partial charge in [0.05, 0.1) is 0 Å². The largest absolute Gasteiger partial charge is 0.480 e. The van der Waals surface area contributed by atoms with Crippen molar-refractivity contribution in [2.45, 2.75) is 31.6 Å². The van der Waals surface area contributed by atoms with Gasteiger partial charge in [0.1, 0.15) is 6.04 Å². The standard InChI is InChI=1S/C9H15NO3S/c1-5(2)8(11)10-4-3-6(14)7(10)9(12)13/h5-7,14H,3-4H2,1-2H3,(H,12,13). The molecule has 0 spiro atoms. The maximum absolute atomic E-state index is 11.6. The number of rotatable bonds is 2. The van der Waals surface area contributed by atoms with E-state index in [0.29, 0.717) is 13.0 Å². The third kappa shape index (κ3) is 2.03. The molecule has 0 aromatic heterocycles. The molecule has 1 saturated heterocycles. The third-order valence-corrected chi connectivity index (χ3v) is 2.94. The lowest BCUT2D eigenvalue weighted by Gasteiger charge is -2.24. The van der Waals surface area contributed by atoms with Crippen LogP contribution in [0, 0.1) is 5.92 Å². The minimum Gasteiger partial charge on any atom is -0.480 e. The Morgan fingerprint density at radius 2 is 2.07 bits per heavy atom. The molecule has 1 aliphatic heterocycles. The lowest BCUT2D eigenvalue weighted by Crippen LogP contribution is -2.45. The van der Waals surface area contributed by atoms with Crippen LogP contribution >= 0.6 is 12.6 Å². The third-order valence-electron chi connectivity index (χ3n) is 2.40. The molecule has 5 heteroatoms. The molecule has 1 rings (SSSR count). The molecule has 2 atom stereocenters. The van der Waals surface area contributed by atoms with E-state index in [-0.39, 0.29) is 17.1 Å². The van der Waals surface area contributed by atoms with Crippen LogP contribution in [0.3, 0.4) is 0 Å². The molecule has 0 bridgehead atoms. The molecule has 4 nitrogen and oxygen atoms in total. The second-order valence-corrected chi connectivity index (χ2v) is 4.49. The Morgan fingerprint density at radius 1 is 1.50 bits per heavy atom. The van der Waals surface area contributed by atoms with E-state index < -0.39 is 12.0 Å². The van der Waals surface area contributed by atoms with Crippen LogP contribution in [-0.2, 0) is 9.59 Å². The average Bonchev–Trinajstić information content (AvgIpc) is 2.45. The van der Waals surface area contributed by atoms with E-state index in [2.05, 4.69) is 12.6 Å². The van der Waals surface area contributed by atoms with Gasteiger partial charge in [-0.3, -0.25) is 4.79 Å². The number of thiol groups is 1. The number of aliphatic carboxylic acids is 1. The molecule has 1 N–H and O–H groups in total. The van der Waals surface area contributed by atoms with Crippen molar-refractivity contribution in [1.29, 1.82) is 0 Å². The van der Waals surface area contributed by atoms with E-state index >= 15 is 0 Å².